The lowest BCUT2D eigenvalue weighted by molar-refractivity contribution is 0.102. The number of hydrogen-bond donors (Lipinski definition) is 1. The second-order valence-electron chi connectivity index (χ2n) is 9.95. The summed E-state index contributed by atoms with van der Waals surface area (Å²) in [6.45, 7) is 11.6. The van der Waals surface area contributed by atoms with Crippen LogP contribution in [0.25, 0.3) is 11.3 Å². The van der Waals surface area contributed by atoms with Gasteiger partial charge < -0.3 is 0 Å². The van der Waals surface area contributed by atoms with Crippen molar-refractivity contribution >= 4 is 32.4 Å². The summed E-state index contributed by atoms with van der Waals surface area (Å²) in [5, 5.41) is 5.24. The molecule has 1 aromatic heterocycles. The van der Waals surface area contributed by atoms with E-state index in [0.717, 1.165) is 36.9 Å². The Bertz CT molecular complexity index is 1230. The first-order valence-corrected chi connectivity index (χ1v) is 14.9. The Morgan fingerprint density at radius 1 is 0.944 bits per heavy atom. The maximum Gasteiger partial charge on any atom is 0.257 e. The van der Waals surface area contributed by atoms with Crippen molar-refractivity contribution in [3.8, 4) is 11.3 Å². The Hall–Kier alpha value is -2.55. The lowest BCUT2D eigenvalue weighted by Gasteiger charge is -2.22. The second-order valence-corrected chi connectivity index (χ2v) is 12.8. The van der Waals surface area contributed by atoms with E-state index in [1.807, 2.05) is 31.4 Å². The predicted molar refractivity (Wildman–Crippen MR) is 149 cm³/mol. The molecule has 0 radical (unpaired) electrons. The molecule has 1 heterocycles. The van der Waals surface area contributed by atoms with E-state index in [9.17, 15) is 13.2 Å². The van der Waals surface area contributed by atoms with Gasteiger partial charge in [0.25, 0.3) is 5.91 Å². The fourth-order valence-corrected chi connectivity index (χ4v) is 5.95. The van der Waals surface area contributed by atoms with Gasteiger partial charge in [-0.3, -0.25) is 10.1 Å². The van der Waals surface area contributed by atoms with E-state index in [1.54, 1.807) is 16.4 Å². The number of hydrogen-bond acceptors (Lipinski definition) is 5. The third-order valence-corrected chi connectivity index (χ3v) is 8.72. The number of unbranched alkanes of at least 4 members (excludes halogenated alkanes) is 2. The molecule has 2 aromatic carbocycles. The standard InChI is InChI=1S/C28H37N3O3S2/c1-6-8-18-31(19-9-7-2)36(33,34)24-16-12-22(13-17-24)26(32)30-27-29-25(20-35-27)21-10-14-23(15-11-21)28(3,4)5/h10-17,20H,6-9,18-19H2,1-5H3,(H,29,30,32). The average Bonchev–Trinajstić information content (AvgIpc) is 3.32. The van der Waals surface area contributed by atoms with Crippen LogP contribution in [0.5, 0.6) is 0 Å². The number of rotatable bonds is 11. The Morgan fingerprint density at radius 3 is 2.06 bits per heavy atom. The maximum atomic E-state index is 13.1. The van der Waals surface area contributed by atoms with Crippen molar-refractivity contribution < 1.29 is 13.2 Å². The van der Waals surface area contributed by atoms with Crippen LogP contribution in [0.3, 0.4) is 0 Å². The average molecular weight is 528 g/mol. The number of nitrogens with zero attached hydrogens (tertiary/aromatic N) is 2. The van der Waals surface area contributed by atoms with Gasteiger partial charge in [-0.2, -0.15) is 4.31 Å². The smallest absolute Gasteiger partial charge is 0.257 e. The van der Waals surface area contributed by atoms with Crippen LogP contribution in [-0.2, 0) is 15.4 Å². The number of aromatic nitrogens is 1. The molecule has 0 unspecified atom stereocenters. The molecule has 1 N–H and O–H groups in total. The molecular weight excluding hydrogens is 490 g/mol. The molecular formula is C28H37N3O3S2. The summed E-state index contributed by atoms with van der Waals surface area (Å²) in [6.07, 6.45) is 3.50. The van der Waals surface area contributed by atoms with Crippen LogP contribution in [0, 0.1) is 0 Å². The molecule has 0 spiro atoms. The quantitative estimate of drug-likeness (QED) is 0.293. The highest BCUT2D eigenvalue weighted by atomic mass is 32.2. The topological polar surface area (TPSA) is 79.4 Å². The molecule has 3 aromatic rings. The number of anilines is 1. The molecule has 0 aliphatic rings. The second kappa shape index (κ2) is 12.1. The van der Waals surface area contributed by atoms with Gasteiger partial charge in [0, 0.05) is 29.6 Å². The van der Waals surface area contributed by atoms with Gasteiger partial charge in [0.1, 0.15) is 0 Å². The van der Waals surface area contributed by atoms with Crippen LogP contribution in [0.2, 0.25) is 0 Å². The van der Waals surface area contributed by atoms with E-state index in [4.69, 9.17) is 0 Å². The lowest BCUT2D eigenvalue weighted by atomic mass is 9.86. The highest BCUT2D eigenvalue weighted by molar-refractivity contribution is 7.89. The Kier molecular flexibility index (Phi) is 9.44. The molecule has 0 saturated carbocycles. The van der Waals surface area contributed by atoms with Crippen LogP contribution in [0.1, 0.15) is 76.2 Å². The summed E-state index contributed by atoms with van der Waals surface area (Å²) < 4.78 is 27.8. The highest BCUT2D eigenvalue weighted by Gasteiger charge is 2.24. The molecule has 3 rings (SSSR count). The molecule has 8 heteroatoms. The molecule has 0 atom stereocenters. The van der Waals surface area contributed by atoms with Crippen molar-refractivity contribution in [3.63, 3.8) is 0 Å². The minimum absolute atomic E-state index is 0.0813. The van der Waals surface area contributed by atoms with Gasteiger partial charge in [-0.25, -0.2) is 13.4 Å². The van der Waals surface area contributed by atoms with Gasteiger partial charge >= 0.3 is 0 Å². The van der Waals surface area contributed by atoms with Crippen LogP contribution >= 0.6 is 11.3 Å². The van der Waals surface area contributed by atoms with Crippen molar-refractivity contribution in [3.05, 3.63) is 65.0 Å². The monoisotopic (exact) mass is 527 g/mol. The third-order valence-electron chi connectivity index (χ3n) is 6.05. The van der Waals surface area contributed by atoms with E-state index in [2.05, 4.69) is 43.2 Å². The summed E-state index contributed by atoms with van der Waals surface area (Å²) in [5.74, 6) is -0.322. The summed E-state index contributed by atoms with van der Waals surface area (Å²) in [6, 6.07) is 14.4. The fraction of sp³-hybridized carbons (Fsp3) is 0.429. The van der Waals surface area contributed by atoms with Gasteiger partial charge in [0.05, 0.1) is 10.6 Å². The third kappa shape index (κ3) is 7.02. The minimum Gasteiger partial charge on any atom is -0.298 e. The lowest BCUT2D eigenvalue weighted by Crippen LogP contribution is -2.33. The summed E-state index contributed by atoms with van der Waals surface area (Å²) >= 11 is 1.36. The molecule has 1 amide bonds. The van der Waals surface area contributed by atoms with E-state index in [0.29, 0.717) is 23.8 Å². The van der Waals surface area contributed by atoms with Gasteiger partial charge in [0.2, 0.25) is 10.0 Å². The molecule has 6 nitrogen and oxygen atoms in total. The number of amides is 1. The van der Waals surface area contributed by atoms with Gasteiger partial charge in [-0.05, 0) is 48.1 Å². The van der Waals surface area contributed by atoms with Crippen LogP contribution in [0.4, 0.5) is 5.13 Å². The van der Waals surface area contributed by atoms with E-state index in [1.165, 1.54) is 29.0 Å². The zero-order valence-corrected chi connectivity index (χ0v) is 23.5. The minimum atomic E-state index is -3.60. The molecule has 0 aliphatic carbocycles. The largest absolute Gasteiger partial charge is 0.298 e. The van der Waals surface area contributed by atoms with Crippen molar-refractivity contribution in [2.45, 2.75) is 70.6 Å². The van der Waals surface area contributed by atoms with Crippen molar-refractivity contribution in [1.29, 1.82) is 0 Å². The number of benzene rings is 2. The van der Waals surface area contributed by atoms with Gasteiger partial charge in [-0.15, -0.1) is 11.3 Å². The van der Waals surface area contributed by atoms with Crippen molar-refractivity contribution in [2.24, 2.45) is 0 Å². The summed E-state index contributed by atoms with van der Waals surface area (Å²) in [4.78, 5) is 17.6. The molecule has 36 heavy (non-hydrogen) atoms. The number of thiazole rings is 1. The number of sulfonamides is 1. The van der Waals surface area contributed by atoms with Crippen molar-refractivity contribution in [2.75, 3.05) is 18.4 Å². The van der Waals surface area contributed by atoms with Crippen LogP contribution < -0.4 is 5.32 Å². The van der Waals surface area contributed by atoms with E-state index < -0.39 is 10.0 Å². The molecule has 0 fully saturated rings. The molecule has 0 aliphatic heterocycles. The Balaban J connectivity index is 1.69. The van der Waals surface area contributed by atoms with E-state index >= 15 is 0 Å². The summed E-state index contributed by atoms with van der Waals surface area (Å²) in [7, 11) is -3.60. The number of nitrogens with one attached hydrogen (secondary N) is 1. The van der Waals surface area contributed by atoms with Gasteiger partial charge in [-0.1, -0.05) is 71.7 Å². The number of carbonyl (C=O) groups is 1. The fourth-order valence-electron chi connectivity index (χ4n) is 3.72. The van der Waals surface area contributed by atoms with E-state index in [-0.39, 0.29) is 16.2 Å². The van der Waals surface area contributed by atoms with Crippen molar-refractivity contribution in [1.82, 2.24) is 9.29 Å². The predicted octanol–water partition coefficient (Wildman–Crippen LogP) is 6.95. The molecule has 0 saturated heterocycles. The first kappa shape index (κ1) is 28.0. The summed E-state index contributed by atoms with van der Waals surface area (Å²) in [5.41, 5.74) is 3.51. The zero-order chi connectivity index (χ0) is 26.3. The highest BCUT2D eigenvalue weighted by Crippen LogP contribution is 2.28. The SMILES string of the molecule is CCCCN(CCCC)S(=O)(=O)c1ccc(C(=O)Nc2nc(-c3ccc(C(C)(C)C)cc3)cs2)cc1. The first-order chi connectivity index (χ1) is 17.1. The van der Waals surface area contributed by atoms with Gasteiger partial charge in [0.15, 0.2) is 5.13 Å². The normalized spacial score (nSPS) is 12.2. The molecule has 194 valence electrons. The van der Waals surface area contributed by atoms with Crippen LogP contribution in [-0.4, -0.2) is 36.7 Å². The first-order valence-electron chi connectivity index (χ1n) is 12.5. The zero-order valence-electron chi connectivity index (χ0n) is 21.9. The Labute approximate surface area is 219 Å². The Morgan fingerprint density at radius 2 is 1.53 bits per heavy atom. The maximum absolute atomic E-state index is 13.1. The number of carbonyl (C=O) groups excluding carboxylic acids is 1. The van der Waals surface area contributed by atoms with Crippen LogP contribution in [0.15, 0.2) is 58.8 Å². The molecule has 0 bridgehead atoms.